The third-order valence-electron chi connectivity index (χ3n) is 5.60. The van der Waals surface area contributed by atoms with Crippen LogP contribution in [0.2, 0.25) is 0 Å². The van der Waals surface area contributed by atoms with E-state index in [2.05, 4.69) is 0 Å². The Kier molecular flexibility index (Phi) is 6.89. The number of carbonyl (C=O) groups is 1. The normalized spacial score (nSPS) is 28.7. The first-order valence-corrected chi connectivity index (χ1v) is 9.59. The van der Waals surface area contributed by atoms with Gasteiger partial charge in [-0.1, -0.05) is 0 Å². The number of ether oxygens (including phenoxy) is 3. The number of amides is 1. The summed E-state index contributed by atoms with van der Waals surface area (Å²) in [6.45, 7) is 4.53. The number of nitrogens with two attached hydrogens (primary N) is 1. The monoisotopic (exact) mass is 340 g/mol. The Bertz CT molecular complexity index is 386. The Morgan fingerprint density at radius 3 is 2.50 bits per heavy atom. The highest BCUT2D eigenvalue weighted by Gasteiger charge is 2.32. The summed E-state index contributed by atoms with van der Waals surface area (Å²) in [6, 6.07) is -0.373. The molecule has 0 spiro atoms. The second kappa shape index (κ2) is 9.13. The number of nitrogens with zero attached hydrogens (tertiary/aromatic N) is 1. The predicted octanol–water partition coefficient (Wildman–Crippen LogP) is 1.32. The maximum atomic E-state index is 12.6. The minimum absolute atomic E-state index is 0.107. The molecule has 2 unspecified atom stereocenters. The van der Waals surface area contributed by atoms with Crippen LogP contribution in [-0.4, -0.2) is 68.6 Å². The zero-order valence-electron chi connectivity index (χ0n) is 14.7. The summed E-state index contributed by atoms with van der Waals surface area (Å²) in [7, 11) is 0. The van der Waals surface area contributed by atoms with Gasteiger partial charge < -0.3 is 24.8 Å². The van der Waals surface area contributed by atoms with Crippen LogP contribution in [-0.2, 0) is 19.0 Å². The standard InChI is InChI=1S/C18H32N2O4/c19-17(14-6-11-22-12-7-14)18(21)20-8-4-15(5-9-20)24-13-16-3-1-2-10-23-16/h14-17H,1-13,19H2. The van der Waals surface area contributed by atoms with Crippen LogP contribution in [0, 0.1) is 5.92 Å². The lowest BCUT2D eigenvalue weighted by molar-refractivity contribution is -0.138. The van der Waals surface area contributed by atoms with Gasteiger partial charge in [-0.2, -0.15) is 0 Å². The molecule has 0 bridgehead atoms. The molecule has 6 heteroatoms. The van der Waals surface area contributed by atoms with E-state index in [1.54, 1.807) is 0 Å². The van der Waals surface area contributed by atoms with Crippen LogP contribution >= 0.6 is 0 Å². The van der Waals surface area contributed by atoms with Crippen molar-refractivity contribution in [2.75, 3.05) is 39.5 Å². The molecular formula is C18H32N2O4. The molecule has 3 aliphatic rings. The van der Waals surface area contributed by atoms with Crippen LogP contribution in [0.1, 0.15) is 44.9 Å². The number of hydrogen-bond donors (Lipinski definition) is 1. The van der Waals surface area contributed by atoms with E-state index >= 15 is 0 Å². The molecular weight excluding hydrogens is 308 g/mol. The fraction of sp³-hybridized carbons (Fsp3) is 0.944. The van der Waals surface area contributed by atoms with E-state index < -0.39 is 0 Å². The molecule has 0 aromatic carbocycles. The first kappa shape index (κ1) is 18.1. The molecule has 3 fully saturated rings. The van der Waals surface area contributed by atoms with Crippen LogP contribution in [0.15, 0.2) is 0 Å². The van der Waals surface area contributed by atoms with Gasteiger partial charge in [0.25, 0.3) is 0 Å². The third-order valence-corrected chi connectivity index (χ3v) is 5.60. The van der Waals surface area contributed by atoms with Gasteiger partial charge in [-0.3, -0.25) is 4.79 Å². The van der Waals surface area contributed by atoms with E-state index in [4.69, 9.17) is 19.9 Å². The molecule has 0 aromatic heterocycles. The Hall–Kier alpha value is -0.690. The van der Waals surface area contributed by atoms with Crippen LogP contribution < -0.4 is 5.73 Å². The Morgan fingerprint density at radius 2 is 1.83 bits per heavy atom. The van der Waals surface area contributed by atoms with Gasteiger partial charge in [0.1, 0.15) is 0 Å². The van der Waals surface area contributed by atoms with Crippen molar-refractivity contribution in [3.05, 3.63) is 0 Å². The number of rotatable bonds is 5. The summed E-state index contributed by atoms with van der Waals surface area (Å²) in [5.41, 5.74) is 6.22. The molecule has 0 saturated carbocycles. The first-order chi connectivity index (χ1) is 11.7. The zero-order valence-corrected chi connectivity index (χ0v) is 14.7. The second-order valence-electron chi connectivity index (χ2n) is 7.32. The Balaban J connectivity index is 1.37. The van der Waals surface area contributed by atoms with Crippen molar-refractivity contribution < 1.29 is 19.0 Å². The highest BCUT2D eigenvalue weighted by Crippen LogP contribution is 2.22. The molecule has 0 radical (unpaired) electrons. The Morgan fingerprint density at radius 1 is 1.08 bits per heavy atom. The molecule has 138 valence electrons. The second-order valence-corrected chi connectivity index (χ2v) is 7.32. The molecule has 1 amide bonds. The molecule has 3 heterocycles. The molecule has 2 atom stereocenters. The molecule has 3 saturated heterocycles. The van der Waals surface area contributed by atoms with Crippen molar-refractivity contribution >= 4 is 5.91 Å². The highest BCUT2D eigenvalue weighted by molar-refractivity contribution is 5.82. The van der Waals surface area contributed by atoms with Gasteiger partial charge in [0, 0.05) is 32.9 Å². The molecule has 3 rings (SSSR count). The van der Waals surface area contributed by atoms with Gasteiger partial charge >= 0.3 is 0 Å². The number of hydrogen-bond acceptors (Lipinski definition) is 5. The average molecular weight is 340 g/mol. The minimum atomic E-state index is -0.373. The van der Waals surface area contributed by atoms with Crippen molar-refractivity contribution in [1.82, 2.24) is 4.90 Å². The summed E-state index contributed by atoms with van der Waals surface area (Å²) in [5.74, 6) is 0.375. The largest absolute Gasteiger partial charge is 0.381 e. The third kappa shape index (κ3) is 4.91. The van der Waals surface area contributed by atoms with Gasteiger partial charge in [-0.05, 0) is 50.9 Å². The van der Waals surface area contributed by atoms with Gasteiger partial charge in [0.15, 0.2) is 0 Å². The number of piperidine rings is 1. The minimum Gasteiger partial charge on any atom is -0.381 e. The van der Waals surface area contributed by atoms with Crippen molar-refractivity contribution in [2.45, 2.75) is 63.2 Å². The van der Waals surface area contributed by atoms with Crippen LogP contribution in [0.4, 0.5) is 0 Å². The topological polar surface area (TPSA) is 74.0 Å². The van der Waals surface area contributed by atoms with Crippen molar-refractivity contribution in [1.29, 1.82) is 0 Å². The van der Waals surface area contributed by atoms with E-state index in [0.717, 1.165) is 65.0 Å². The van der Waals surface area contributed by atoms with Gasteiger partial charge in [0.05, 0.1) is 24.9 Å². The quantitative estimate of drug-likeness (QED) is 0.817. The van der Waals surface area contributed by atoms with E-state index in [1.165, 1.54) is 12.8 Å². The summed E-state index contributed by atoms with van der Waals surface area (Å²) in [6.07, 6.45) is 7.63. The molecule has 6 nitrogen and oxygen atoms in total. The summed E-state index contributed by atoms with van der Waals surface area (Å²) >= 11 is 0. The van der Waals surface area contributed by atoms with E-state index in [9.17, 15) is 4.79 Å². The summed E-state index contributed by atoms with van der Waals surface area (Å²) in [5, 5.41) is 0. The van der Waals surface area contributed by atoms with Gasteiger partial charge in [-0.15, -0.1) is 0 Å². The zero-order chi connectivity index (χ0) is 16.8. The first-order valence-electron chi connectivity index (χ1n) is 9.59. The fourth-order valence-corrected chi connectivity index (χ4v) is 3.91. The van der Waals surface area contributed by atoms with Crippen LogP contribution in [0.25, 0.3) is 0 Å². The van der Waals surface area contributed by atoms with Crippen LogP contribution in [0.5, 0.6) is 0 Å². The lowest BCUT2D eigenvalue weighted by atomic mass is 9.91. The number of carbonyl (C=O) groups excluding carboxylic acids is 1. The maximum absolute atomic E-state index is 12.6. The number of likely N-dealkylation sites (tertiary alicyclic amines) is 1. The summed E-state index contributed by atoms with van der Waals surface area (Å²) in [4.78, 5) is 14.5. The highest BCUT2D eigenvalue weighted by atomic mass is 16.5. The van der Waals surface area contributed by atoms with Gasteiger partial charge in [0.2, 0.25) is 5.91 Å². The van der Waals surface area contributed by atoms with Crippen LogP contribution in [0.3, 0.4) is 0 Å². The maximum Gasteiger partial charge on any atom is 0.239 e. The SMILES string of the molecule is NC(C(=O)N1CCC(OCC2CCCCO2)CC1)C1CCOCC1. The van der Waals surface area contributed by atoms with Crippen molar-refractivity contribution in [3.63, 3.8) is 0 Å². The molecule has 24 heavy (non-hydrogen) atoms. The molecule has 2 N–H and O–H groups in total. The molecule has 0 aliphatic carbocycles. The van der Waals surface area contributed by atoms with Crippen molar-refractivity contribution in [3.8, 4) is 0 Å². The molecule has 0 aromatic rings. The lowest BCUT2D eigenvalue weighted by Crippen LogP contribution is -2.52. The fourth-order valence-electron chi connectivity index (χ4n) is 3.91. The average Bonchev–Trinajstić information content (AvgIpc) is 2.67. The smallest absolute Gasteiger partial charge is 0.239 e. The van der Waals surface area contributed by atoms with E-state index in [-0.39, 0.29) is 30.1 Å². The van der Waals surface area contributed by atoms with Gasteiger partial charge in [-0.25, -0.2) is 0 Å². The van der Waals surface area contributed by atoms with Crippen molar-refractivity contribution in [2.24, 2.45) is 11.7 Å². The lowest BCUT2D eigenvalue weighted by Gasteiger charge is -2.36. The summed E-state index contributed by atoms with van der Waals surface area (Å²) < 4.78 is 17.1. The Labute approximate surface area is 145 Å². The molecule has 3 aliphatic heterocycles. The van der Waals surface area contributed by atoms with E-state index in [1.807, 2.05) is 4.90 Å². The predicted molar refractivity (Wildman–Crippen MR) is 90.7 cm³/mol. The van der Waals surface area contributed by atoms with E-state index in [0.29, 0.717) is 6.61 Å².